The number of nitrogens with zero attached hydrogens (tertiary/aromatic N) is 1. The van der Waals surface area contributed by atoms with Crippen LogP contribution < -0.4 is 5.32 Å². The van der Waals surface area contributed by atoms with Crippen LogP contribution in [0.15, 0.2) is 10.6 Å². The lowest BCUT2D eigenvalue weighted by Gasteiger charge is -1.97. The van der Waals surface area contributed by atoms with Gasteiger partial charge in [-0.1, -0.05) is 13.8 Å². The van der Waals surface area contributed by atoms with Crippen LogP contribution in [0.2, 0.25) is 0 Å². The van der Waals surface area contributed by atoms with Crippen molar-refractivity contribution in [2.24, 2.45) is 5.41 Å². The van der Waals surface area contributed by atoms with Gasteiger partial charge in [0.05, 0.1) is 12.7 Å². The lowest BCUT2D eigenvalue weighted by atomic mass is 10.1. The van der Waals surface area contributed by atoms with E-state index in [1.54, 1.807) is 0 Å². The number of rotatable bonds is 3. The van der Waals surface area contributed by atoms with Crippen molar-refractivity contribution in [2.45, 2.75) is 32.7 Å². The zero-order chi connectivity index (χ0) is 9.47. The Bertz CT molecular complexity index is 304. The van der Waals surface area contributed by atoms with E-state index in [0.717, 1.165) is 11.7 Å². The minimum absolute atomic E-state index is 0.427. The fourth-order valence-electron chi connectivity index (χ4n) is 1.67. The van der Waals surface area contributed by atoms with E-state index in [4.69, 9.17) is 4.42 Å². The van der Waals surface area contributed by atoms with Crippen molar-refractivity contribution in [1.82, 2.24) is 10.3 Å². The highest BCUT2D eigenvalue weighted by Gasteiger charge is 2.48. The van der Waals surface area contributed by atoms with Gasteiger partial charge < -0.3 is 9.73 Å². The Morgan fingerprint density at radius 3 is 2.92 bits per heavy atom. The minimum Gasteiger partial charge on any atom is -0.444 e. The number of nitrogens with one attached hydrogen (secondary N) is 1. The zero-order valence-electron chi connectivity index (χ0n) is 8.42. The van der Waals surface area contributed by atoms with Gasteiger partial charge >= 0.3 is 0 Å². The van der Waals surface area contributed by atoms with Crippen LogP contribution in [-0.2, 0) is 6.54 Å². The summed E-state index contributed by atoms with van der Waals surface area (Å²) in [5, 5.41) is 3.02. The summed E-state index contributed by atoms with van der Waals surface area (Å²) in [5.41, 5.74) is 0.427. The molecule has 2 rings (SSSR count). The van der Waals surface area contributed by atoms with Gasteiger partial charge in [0.25, 0.3) is 0 Å². The lowest BCUT2D eigenvalue weighted by Crippen LogP contribution is -2.04. The molecule has 1 aliphatic carbocycles. The molecular formula is C10H16N2O. The van der Waals surface area contributed by atoms with Crippen molar-refractivity contribution in [3.63, 3.8) is 0 Å². The topological polar surface area (TPSA) is 38.1 Å². The fourth-order valence-corrected chi connectivity index (χ4v) is 1.67. The molecule has 1 atom stereocenters. The van der Waals surface area contributed by atoms with E-state index in [-0.39, 0.29) is 0 Å². The maximum absolute atomic E-state index is 5.61. The molecule has 1 aromatic heterocycles. The summed E-state index contributed by atoms with van der Waals surface area (Å²) in [7, 11) is 1.89. The second-order valence-corrected chi connectivity index (χ2v) is 4.43. The van der Waals surface area contributed by atoms with Crippen LogP contribution in [0.4, 0.5) is 0 Å². The second kappa shape index (κ2) is 2.84. The minimum atomic E-state index is 0.427. The average Bonchev–Trinajstić information content (AvgIpc) is 2.52. The Morgan fingerprint density at radius 1 is 1.69 bits per heavy atom. The molecule has 0 aromatic carbocycles. The van der Waals surface area contributed by atoms with E-state index in [2.05, 4.69) is 24.1 Å². The SMILES string of the molecule is CNCc1ncc(C2CC2(C)C)o1. The zero-order valence-corrected chi connectivity index (χ0v) is 8.42. The molecule has 3 heteroatoms. The Balaban J connectivity index is 2.07. The molecule has 1 fully saturated rings. The first-order valence-corrected chi connectivity index (χ1v) is 4.72. The van der Waals surface area contributed by atoms with Gasteiger partial charge in [0.2, 0.25) is 5.89 Å². The largest absolute Gasteiger partial charge is 0.444 e. The molecule has 0 radical (unpaired) electrons. The third kappa shape index (κ3) is 1.61. The van der Waals surface area contributed by atoms with Gasteiger partial charge in [0, 0.05) is 5.92 Å². The quantitative estimate of drug-likeness (QED) is 0.772. The molecule has 0 amide bonds. The van der Waals surface area contributed by atoms with E-state index in [1.807, 2.05) is 13.2 Å². The van der Waals surface area contributed by atoms with Crippen molar-refractivity contribution < 1.29 is 4.42 Å². The van der Waals surface area contributed by atoms with Crippen molar-refractivity contribution in [3.8, 4) is 0 Å². The first-order valence-electron chi connectivity index (χ1n) is 4.72. The highest BCUT2D eigenvalue weighted by molar-refractivity contribution is 5.17. The predicted molar refractivity (Wildman–Crippen MR) is 50.4 cm³/mol. The molecular weight excluding hydrogens is 164 g/mol. The summed E-state index contributed by atoms with van der Waals surface area (Å²) in [4.78, 5) is 4.20. The third-order valence-corrected chi connectivity index (χ3v) is 2.76. The van der Waals surface area contributed by atoms with Gasteiger partial charge in [-0.25, -0.2) is 4.98 Å². The van der Waals surface area contributed by atoms with Crippen LogP contribution in [0.1, 0.15) is 37.8 Å². The van der Waals surface area contributed by atoms with E-state index in [1.165, 1.54) is 6.42 Å². The number of hydrogen-bond donors (Lipinski definition) is 1. The maximum atomic E-state index is 5.61. The van der Waals surface area contributed by atoms with Crippen LogP contribution >= 0.6 is 0 Å². The van der Waals surface area contributed by atoms with Crippen molar-refractivity contribution in [2.75, 3.05) is 7.05 Å². The molecule has 3 nitrogen and oxygen atoms in total. The summed E-state index contributed by atoms with van der Waals surface area (Å²) in [5.74, 6) is 2.43. The third-order valence-electron chi connectivity index (χ3n) is 2.76. The molecule has 1 unspecified atom stereocenters. The first kappa shape index (κ1) is 8.75. The van der Waals surface area contributed by atoms with Crippen LogP contribution in [0.3, 0.4) is 0 Å². The molecule has 1 saturated carbocycles. The van der Waals surface area contributed by atoms with E-state index in [9.17, 15) is 0 Å². The van der Waals surface area contributed by atoms with Gasteiger partial charge in [-0.3, -0.25) is 0 Å². The Labute approximate surface area is 78.5 Å². The molecule has 0 aliphatic heterocycles. The Hall–Kier alpha value is -0.830. The molecule has 72 valence electrons. The molecule has 0 bridgehead atoms. The summed E-state index contributed by atoms with van der Waals surface area (Å²) in [6.07, 6.45) is 3.09. The molecule has 13 heavy (non-hydrogen) atoms. The van der Waals surface area contributed by atoms with Crippen LogP contribution in [0, 0.1) is 5.41 Å². The van der Waals surface area contributed by atoms with Crippen molar-refractivity contribution in [3.05, 3.63) is 17.8 Å². The van der Waals surface area contributed by atoms with E-state index < -0.39 is 0 Å². The van der Waals surface area contributed by atoms with Crippen LogP contribution in [-0.4, -0.2) is 12.0 Å². The predicted octanol–water partition coefficient (Wildman–Crippen LogP) is 1.91. The highest BCUT2D eigenvalue weighted by atomic mass is 16.4. The summed E-state index contributed by atoms with van der Waals surface area (Å²) < 4.78 is 5.61. The molecule has 1 N–H and O–H groups in total. The van der Waals surface area contributed by atoms with E-state index in [0.29, 0.717) is 17.9 Å². The molecule has 1 aliphatic rings. The summed E-state index contributed by atoms with van der Waals surface area (Å²) in [6, 6.07) is 0. The van der Waals surface area contributed by atoms with Gasteiger partial charge in [0.15, 0.2) is 0 Å². The fraction of sp³-hybridized carbons (Fsp3) is 0.700. The van der Waals surface area contributed by atoms with Crippen LogP contribution in [0.25, 0.3) is 0 Å². The molecule has 0 saturated heterocycles. The highest BCUT2D eigenvalue weighted by Crippen LogP contribution is 2.58. The maximum Gasteiger partial charge on any atom is 0.208 e. The summed E-state index contributed by atoms with van der Waals surface area (Å²) >= 11 is 0. The van der Waals surface area contributed by atoms with Crippen molar-refractivity contribution >= 4 is 0 Å². The number of oxazole rings is 1. The van der Waals surface area contributed by atoms with Crippen LogP contribution in [0.5, 0.6) is 0 Å². The Morgan fingerprint density at radius 2 is 2.38 bits per heavy atom. The first-order chi connectivity index (χ1) is 6.13. The molecule has 0 spiro atoms. The average molecular weight is 180 g/mol. The Kier molecular flexibility index (Phi) is 1.91. The van der Waals surface area contributed by atoms with Gasteiger partial charge in [-0.2, -0.15) is 0 Å². The number of aromatic nitrogens is 1. The van der Waals surface area contributed by atoms with Crippen molar-refractivity contribution in [1.29, 1.82) is 0 Å². The van der Waals surface area contributed by atoms with Gasteiger partial charge in [-0.05, 0) is 18.9 Å². The standard InChI is InChI=1S/C10H16N2O/c1-10(2)4-7(10)8-5-12-9(13-8)6-11-3/h5,7,11H,4,6H2,1-3H3. The second-order valence-electron chi connectivity index (χ2n) is 4.43. The van der Waals surface area contributed by atoms with Gasteiger partial charge in [0.1, 0.15) is 5.76 Å². The van der Waals surface area contributed by atoms with E-state index >= 15 is 0 Å². The normalized spacial score (nSPS) is 24.7. The summed E-state index contributed by atoms with van der Waals surface area (Å²) in [6.45, 7) is 5.24. The smallest absolute Gasteiger partial charge is 0.208 e. The monoisotopic (exact) mass is 180 g/mol. The molecule has 1 aromatic rings. The number of hydrogen-bond acceptors (Lipinski definition) is 3. The molecule has 1 heterocycles. The van der Waals surface area contributed by atoms with Gasteiger partial charge in [-0.15, -0.1) is 0 Å². The lowest BCUT2D eigenvalue weighted by molar-refractivity contribution is 0.430.